The molecule has 0 aromatic heterocycles. The van der Waals surface area contributed by atoms with Gasteiger partial charge in [-0.3, -0.25) is 0 Å². The first-order chi connectivity index (χ1) is 4.97. The summed E-state index contributed by atoms with van der Waals surface area (Å²) in [7, 11) is 0. The van der Waals surface area contributed by atoms with Crippen molar-refractivity contribution < 1.29 is 0 Å². The number of thioether (sulfide) groups is 1. The molecule has 2 aliphatic rings. The minimum Gasteiger partial charge on any atom is -0.359 e. The van der Waals surface area contributed by atoms with Crippen molar-refractivity contribution in [2.75, 3.05) is 0 Å². The van der Waals surface area contributed by atoms with Crippen molar-refractivity contribution in [3.8, 4) is 0 Å². The monoisotopic (exact) mass is 148 g/mol. The molecule has 0 spiro atoms. The second kappa shape index (κ2) is 2.39. The molecule has 0 saturated carbocycles. The van der Waals surface area contributed by atoms with E-state index in [1.807, 2.05) is 17.7 Å². The van der Waals surface area contributed by atoms with Gasteiger partial charge in [-0.25, -0.2) is 0 Å². The summed E-state index contributed by atoms with van der Waals surface area (Å²) >= 11 is 1.70. The van der Waals surface area contributed by atoms with Gasteiger partial charge >= 0.3 is 0 Å². The SMILES string of the molecule is [C]1=C2C=CSC=C2C=CN1. The van der Waals surface area contributed by atoms with Crippen LogP contribution in [0.25, 0.3) is 0 Å². The first kappa shape index (κ1) is 5.86. The van der Waals surface area contributed by atoms with Crippen LogP contribution in [0.15, 0.2) is 40.3 Å². The van der Waals surface area contributed by atoms with Crippen LogP contribution in [0.2, 0.25) is 0 Å². The van der Waals surface area contributed by atoms with Gasteiger partial charge in [0.15, 0.2) is 0 Å². The molecule has 49 valence electrons. The van der Waals surface area contributed by atoms with Crippen molar-refractivity contribution in [2.45, 2.75) is 0 Å². The Balaban J connectivity index is 2.38. The molecular formula is C8H6NS. The Morgan fingerprint density at radius 2 is 2.40 bits per heavy atom. The highest BCUT2D eigenvalue weighted by molar-refractivity contribution is 8.05. The lowest BCUT2D eigenvalue weighted by atomic mass is 10.1. The lowest BCUT2D eigenvalue weighted by Gasteiger charge is -2.10. The molecule has 0 fully saturated rings. The summed E-state index contributed by atoms with van der Waals surface area (Å²) in [5.41, 5.74) is 2.38. The third kappa shape index (κ3) is 0.907. The molecule has 1 radical (unpaired) electrons. The fourth-order valence-corrected chi connectivity index (χ4v) is 1.52. The van der Waals surface area contributed by atoms with Crippen LogP contribution in [0, 0.1) is 6.20 Å². The van der Waals surface area contributed by atoms with E-state index in [4.69, 9.17) is 0 Å². The summed E-state index contributed by atoms with van der Waals surface area (Å²) in [4.78, 5) is 0. The van der Waals surface area contributed by atoms with Gasteiger partial charge in [-0.15, -0.1) is 11.8 Å². The zero-order chi connectivity index (χ0) is 6.81. The van der Waals surface area contributed by atoms with Gasteiger partial charge < -0.3 is 5.32 Å². The molecule has 2 heteroatoms. The van der Waals surface area contributed by atoms with Crippen LogP contribution < -0.4 is 5.32 Å². The van der Waals surface area contributed by atoms with E-state index in [1.165, 1.54) is 5.57 Å². The molecule has 0 aromatic carbocycles. The summed E-state index contributed by atoms with van der Waals surface area (Å²) < 4.78 is 0. The number of nitrogens with one attached hydrogen (secondary N) is 1. The van der Waals surface area contributed by atoms with E-state index in [0.717, 1.165) is 5.57 Å². The van der Waals surface area contributed by atoms with Crippen LogP contribution in [-0.4, -0.2) is 0 Å². The molecule has 2 heterocycles. The molecule has 0 unspecified atom stereocenters. The summed E-state index contributed by atoms with van der Waals surface area (Å²) in [5, 5.41) is 7.07. The fourth-order valence-electron chi connectivity index (χ4n) is 0.873. The standard InChI is InChI=1S/C8H6NS/c1-3-9-5-7-2-4-10-6-8(1)7/h1-4,6,9H. The van der Waals surface area contributed by atoms with Crippen molar-refractivity contribution in [3.05, 3.63) is 46.5 Å². The van der Waals surface area contributed by atoms with E-state index >= 15 is 0 Å². The van der Waals surface area contributed by atoms with Crippen LogP contribution in [0.5, 0.6) is 0 Å². The minimum absolute atomic E-state index is 1.14. The third-order valence-electron chi connectivity index (χ3n) is 1.37. The molecule has 2 rings (SSSR count). The third-order valence-corrected chi connectivity index (χ3v) is 2.06. The van der Waals surface area contributed by atoms with Gasteiger partial charge in [0.25, 0.3) is 0 Å². The zero-order valence-electron chi connectivity index (χ0n) is 5.29. The summed E-state index contributed by atoms with van der Waals surface area (Å²) in [5.74, 6) is 0. The molecule has 0 saturated heterocycles. The number of hydrogen-bond acceptors (Lipinski definition) is 2. The second-order valence-electron chi connectivity index (χ2n) is 2.03. The average Bonchev–Trinajstić information content (AvgIpc) is 2.05. The first-order valence-electron chi connectivity index (χ1n) is 3.04. The Morgan fingerprint density at radius 1 is 1.40 bits per heavy atom. The summed E-state index contributed by atoms with van der Waals surface area (Å²) in [6.45, 7) is 0. The highest BCUT2D eigenvalue weighted by atomic mass is 32.2. The molecule has 1 nitrogen and oxygen atoms in total. The molecule has 0 aromatic rings. The molecule has 0 amide bonds. The van der Waals surface area contributed by atoms with Gasteiger partial charge in [-0.05, 0) is 28.5 Å². The summed E-state index contributed by atoms with van der Waals surface area (Å²) in [6.07, 6.45) is 9.01. The Bertz CT molecular complexity index is 230. The van der Waals surface area contributed by atoms with Crippen molar-refractivity contribution in [3.63, 3.8) is 0 Å². The maximum Gasteiger partial charge on any atom is 0.0705 e. The summed E-state index contributed by atoms with van der Waals surface area (Å²) in [6, 6.07) is 0. The highest BCUT2D eigenvalue weighted by Crippen LogP contribution is 2.25. The number of hydrogen-bond donors (Lipinski definition) is 1. The van der Waals surface area contributed by atoms with Gasteiger partial charge in [-0.1, -0.05) is 0 Å². The minimum atomic E-state index is 1.14. The quantitative estimate of drug-likeness (QED) is 0.563. The van der Waals surface area contributed by atoms with Crippen LogP contribution in [0.1, 0.15) is 0 Å². The van der Waals surface area contributed by atoms with E-state index in [0.29, 0.717) is 0 Å². The molecular weight excluding hydrogens is 142 g/mol. The van der Waals surface area contributed by atoms with E-state index in [1.54, 1.807) is 11.8 Å². The van der Waals surface area contributed by atoms with E-state index in [-0.39, 0.29) is 0 Å². The molecule has 2 aliphatic heterocycles. The van der Waals surface area contributed by atoms with Gasteiger partial charge in [0, 0.05) is 11.8 Å². The van der Waals surface area contributed by atoms with E-state index < -0.39 is 0 Å². The fraction of sp³-hybridized carbons (Fsp3) is 0. The maximum atomic E-state index is 3.03. The highest BCUT2D eigenvalue weighted by Gasteiger charge is 2.04. The predicted molar refractivity (Wildman–Crippen MR) is 43.8 cm³/mol. The van der Waals surface area contributed by atoms with E-state index in [2.05, 4.69) is 23.0 Å². The van der Waals surface area contributed by atoms with Crippen molar-refractivity contribution in [2.24, 2.45) is 0 Å². The predicted octanol–water partition coefficient (Wildman–Crippen LogP) is 1.93. The zero-order valence-corrected chi connectivity index (χ0v) is 6.11. The number of dihydropyridines is 1. The van der Waals surface area contributed by atoms with Crippen molar-refractivity contribution >= 4 is 11.8 Å². The number of allylic oxidation sites excluding steroid dienone is 4. The topological polar surface area (TPSA) is 12.0 Å². The lowest BCUT2D eigenvalue weighted by molar-refractivity contribution is 1.10. The Labute approximate surface area is 64.2 Å². The Kier molecular flexibility index (Phi) is 1.40. The molecule has 1 N–H and O–H groups in total. The molecule has 0 atom stereocenters. The number of rotatable bonds is 0. The smallest absolute Gasteiger partial charge is 0.0705 e. The van der Waals surface area contributed by atoms with Gasteiger partial charge in [0.1, 0.15) is 0 Å². The first-order valence-corrected chi connectivity index (χ1v) is 3.99. The average molecular weight is 148 g/mol. The van der Waals surface area contributed by atoms with Crippen LogP contribution in [0.4, 0.5) is 0 Å². The Morgan fingerprint density at radius 3 is 3.30 bits per heavy atom. The Hall–Kier alpha value is -0.890. The maximum absolute atomic E-state index is 3.03. The van der Waals surface area contributed by atoms with Gasteiger partial charge in [0.2, 0.25) is 0 Å². The van der Waals surface area contributed by atoms with Crippen LogP contribution in [0.3, 0.4) is 0 Å². The van der Waals surface area contributed by atoms with Gasteiger partial charge in [-0.2, -0.15) is 0 Å². The van der Waals surface area contributed by atoms with Crippen molar-refractivity contribution in [1.82, 2.24) is 5.32 Å². The van der Waals surface area contributed by atoms with Gasteiger partial charge in [0.05, 0.1) is 6.20 Å². The van der Waals surface area contributed by atoms with Crippen LogP contribution in [-0.2, 0) is 0 Å². The molecule has 0 aliphatic carbocycles. The van der Waals surface area contributed by atoms with E-state index in [9.17, 15) is 0 Å². The largest absolute Gasteiger partial charge is 0.359 e. The van der Waals surface area contributed by atoms with Crippen molar-refractivity contribution in [1.29, 1.82) is 0 Å². The van der Waals surface area contributed by atoms with Crippen LogP contribution >= 0.6 is 11.8 Å². The lowest BCUT2D eigenvalue weighted by Crippen LogP contribution is -2.03. The normalized spacial score (nSPS) is 20.8. The molecule has 10 heavy (non-hydrogen) atoms. The molecule has 0 bridgehead atoms. The second-order valence-corrected chi connectivity index (χ2v) is 2.81. The number of fused-ring (bicyclic) bond motifs is 1.